The molecule has 2 atom stereocenters. The maximum Gasteiger partial charge on any atom is 0.150 e. The van der Waals surface area contributed by atoms with Crippen molar-refractivity contribution in [3.05, 3.63) is 16.1 Å². The summed E-state index contributed by atoms with van der Waals surface area (Å²) in [4.78, 5) is 4.44. The summed E-state index contributed by atoms with van der Waals surface area (Å²) in [5, 5.41) is 6.37. The van der Waals surface area contributed by atoms with Crippen LogP contribution in [0.2, 0.25) is 0 Å². The highest BCUT2D eigenvalue weighted by Crippen LogP contribution is 2.24. The smallest absolute Gasteiger partial charge is 0.150 e. The van der Waals surface area contributed by atoms with Gasteiger partial charge < -0.3 is 5.32 Å². The molecular weight excluding hydrogens is 256 g/mol. The van der Waals surface area contributed by atoms with Crippen molar-refractivity contribution in [3.63, 3.8) is 0 Å². The van der Waals surface area contributed by atoms with Crippen LogP contribution in [0.4, 0.5) is 0 Å². The minimum atomic E-state index is -2.79. The van der Waals surface area contributed by atoms with Gasteiger partial charge in [0.15, 0.2) is 9.84 Å². The van der Waals surface area contributed by atoms with Crippen LogP contribution in [0.25, 0.3) is 0 Å². The third-order valence-corrected chi connectivity index (χ3v) is 6.05. The van der Waals surface area contributed by atoms with Crippen molar-refractivity contribution in [2.75, 3.05) is 18.6 Å². The second-order valence-corrected chi connectivity index (χ2v) is 7.82. The fourth-order valence-corrected chi connectivity index (χ4v) is 5.04. The van der Waals surface area contributed by atoms with Gasteiger partial charge in [0, 0.05) is 23.5 Å². The van der Waals surface area contributed by atoms with Crippen LogP contribution < -0.4 is 5.32 Å². The van der Waals surface area contributed by atoms with Gasteiger partial charge in [-0.25, -0.2) is 13.4 Å². The van der Waals surface area contributed by atoms with Crippen molar-refractivity contribution in [3.8, 4) is 0 Å². The standard InChI is InChI=1S/C11H18N2O2S2/c1-8-6-16-11(13-8)5-10(12-2)9-3-4-17(14,15)7-9/h6,9-10,12H,3-5,7H2,1-2H3. The molecule has 6 heteroatoms. The molecule has 0 amide bonds. The van der Waals surface area contributed by atoms with Crippen LogP contribution in [0.3, 0.4) is 0 Å². The van der Waals surface area contributed by atoms with E-state index in [1.165, 1.54) is 0 Å². The Morgan fingerprint density at radius 1 is 1.65 bits per heavy atom. The molecule has 0 bridgehead atoms. The SMILES string of the molecule is CNC(Cc1nc(C)cs1)C1CCS(=O)(=O)C1. The Balaban J connectivity index is 2.02. The maximum absolute atomic E-state index is 11.5. The average Bonchev–Trinajstić information content (AvgIpc) is 2.81. The van der Waals surface area contributed by atoms with E-state index in [1.54, 1.807) is 11.3 Å². The Kier molecular flexibility index (Phi) is 3.85. The van der Waals surface area contributed by atoms with E-state index in [1.807, 2.05) is 19.4 Å². The largest absolute Gasteiger partial charge is 0.316 e. The van der Waals surface area contributed by atoms with Crippen molar-refractivity contribution >= 4 is 21.2 Å². The summed E-state index contributed by atoms with van der Waals surface area (Å²) < 4.78 is 23.0. The first-order valence-electron chi connectivity index (χ1n) is 5.79. The molecule has 0 aliphatic carbocycles. The summed E-state index contributed by atoms with van der Waals surface area (Å²) in [6, 6.07) is 0.220. The Morgan fingerprint density at radius 2 is 2.41 bits per heavy atom. The van der Waals surface area contributed by atoms with Gasteiger partial charge in [-0.15, -0.1) is 11.3 Å². The van der Waals surface area contributed by atoms with Crippen molar-refractivity contribution in [1.29, 1.82) is 0 Å². The summed E-state index contributed by atoms with van der Waals surface area (Å²) in [5.74, 6) is 0.893. The lowest BCUT2D eigenvalue weighted by Crippen LogP contribution is -2.36. The molecule has 4 nitrogen and oxygen atoms in total. The van der Waals surface area contributed by atoms with Gasteiger partial charge in [0.2, 0.25) is 0 Å². The van der Waals surface area contributed by atoms with Crippen LogP contribution in [0, 0.1) is 12.8 Å². The highest BCUT2D eigenvalue weighted by molar-refractivity contribution is 7.91. The Bertz CT molecular complexity index is 481. The molecule has 1 aromatic heterocycles. The highest BCUT2D eigenvalue weighted by Gasteiger charge is 2.33. The van der Waals surface area contributed by atoms with Crippen LogP contribution in [-0.2, 0) is 16.3 Å². The predicted octanol–water partition coefficient (Wildman–Crippen LogP) is 1.02. The number of hydrogen-bond donors (Lipinski definition) is 1. The van der Waals surface area contributed by atoms with Gasteiger partial charge in [-0.2, -0.15) is 0 Å². The van der Waals surface area contributed by atoms with Gasteiger partial charge in [-0.05, 0) is 26.3 Å². The minimum Gasteiger partial charge on any atom is -0.316 e. The topological polar surface area (TPSA) is 59.1 Å². The van der Waals surface area contributed by atoms with E-state index in [-0.39, 0.29) is 12.0 Å². The van der Waals surface area contributed by atoms with Crippen LogP contribution in [-0.4, -0.2) is 38.0 Å². The summed E-state index contributed by atoms with van der Waals surface area (Å²) in [6.45, 7) is 1.98. The molecule has 1 aliphatic heterocycles. The molecule has 0 radical (unpaired) electrons. The molecule has 0 aromatic carbocycles. The number of thiazole rings is 1. The zero-order valence-corrected chi connectivity index (χ0v) is 11.8. The average molecular weight is 274 g/mol. The highest BCUT2D eigenvalue weighted by atomic mass is 32.2. The molecule has 17 heavy (non-hydrogen) atoms. The summed E-state index contributed by atoms with van der Waals surface area (Å²) >= 11 is 1.65. The van der Waals surface area contributed by atoms with E-state index in [0.717, 1.165) is 23.5 Å². The second kappa shape index (κ2) is 5.04. The Hall–Kier alpha value is -0.460. The number of aryl methyl sites for hydroxylation is 1. The summed E-state index contributed by atoms with van der Waals surface area (Å²) in [5.41, 5.74) is 1.04. The minimum absolute atomic E-state index is 0.220. The van der Waals surface area contributed by atoms with Crippen molar-refractivity contribution < 1.29 is 8.42 Å². The van der Waals surface area contributed by atoms with Crippen LogP contribution >= 0.6 is 11.3 Å². The third-order valence-electron chi connectivity index (χ3n) is 3.27. The van der Waals surface area contributed by atoms with Crippen molar-refractivity contribution in [2.45, 2.75) is 25.8 Å². The Labute approximate surface area is 106 Å². The van der Waals surface area contributed by atoms with E-state index in [2.05, 4.69) is 10.3 Å². The molecule has 1 aromatic rings. The van der Waals surface area contributed by atoms with Gasteiger partial charge in [0.05, 0.1) is 16.5 Å². The first-order valence-corrected chi connectivity index (χ1v) is 8.49. The number of hydrogen-bond acceptors (Lipinski definition) is 5. The van der Waals surface area contributed by atoms with Gasteiger partial charge in [-0.3, -0.25) is 0 Å². The van der Waals surface area contributed by atoms with Gasteiger partial charge >= 0.3 is 0 Å². The molecule has 2 rings (SSSR count). The number of aromatic nitrogens is 1. The van der Waals surface area contributed by atoms with E-state index in [0.29, 0.717) is 11.5 Å². The van der Waals surface area contributed by atoms with Crippen LogP contribution in [0.5, 0.6) is 0 Å². The normalized spacial score (nSPS) is 24.9. The molecule has 1 aliphatic rings. The maximum atomic E-state index is 11.5. The van der Waals surface area contributed by atoms with E-state index >= 15 is 0 Å². The van der Waals surface area contributed by atoms with Crippen molar-refractivity contribution in [2.24, 2.45) is 5.92 Å². The fraction of sp³-hybridized carbons (Fsp3) is 0.727. The van der Waals surface area contributed by atoms with E-state index in [9.17, 15) is 8.42 Å². The molecule has 1 saturated heterocycles. The molecule has 2 unspecified atom stereocenters. The summed E-state index contributed by atoms with van der Waals surface area (Å²) in [7, 11) is -0.896. The van der Waals surface area contributed by atoms with Crippen LogP contribution in [0.15, 0.2) is 5.38 Å². The van der Waals surface area contributed by atoms with Gasteiger partial charge in [0.25, 0.3) is 0 Å². The molecule has 0 saturated carbocycles. The zero-order valence-electron chi connectivity index (χ0n) is 10.1. The molecule has 96 valence electrons. The molecular formula is C11H18N2O2S2. The van der Waals surface area contributed by atoms with Gasteiger partial charge in [-0.1, -0.05) is 0 Å². The summed E-state index contributed by atoms with van der Waals surface area (Å²) in [6.07, 6.45) is 1.60. The van der Waals surface area contributed by atoms with Crippen LogP contribution in [0.1, 0.15) is 17.1 Å². The van der Waals surface area contributed by atoms with E-state index < -0.39 is 9.84 Å². The number of likely N-dealkylation sites (N-methyl/N-ethyl adjacent to an activating group) is 1. The number of sulfone groups is 1. The Morgan fingerprint density at radius 3 is 2.88 bits per heavy atom. The molecule has 1 N–H and O–H groups in total. The third kappa shape index (κ3) is 3.26. The zero-order chi connectivity index (χ0) is 12.5. The molecule has 1 fully saturated rings. The second-order valence-electron chi connectivity index (χ2n) is 4.65. The lowest BCUT2D eigenvalue weighted by atomic mass is 9.97. The van der Waals surface area contributed by atoms with Crippen molar-refractivity contribution in [1.82, 2.24) is 10.3 Å². The number of nitrogens with one attached hydrogen (secondary N) is 1. The van der Waals surface area contributed by atoms with Gasteiger partial charge in [0.1, 0.15) is 0 Å². The fourth-order valence-electron chi connectivity index (χ4n) is 2.33. The number of nitrogens with zero attached hydrogens (tertiary/aromatic N) is 1. The number of rotatable bonds is 4. The quantitative estimate of drug-likeness (QED) is 0.890. The monoisotopic (exact) mass is 274 g/mol. The lowest BCUT2D eigenvalue weighted by Gasteiger charge is -2.20. The first kappa shape index (κ1) is 13.0. The molecule has 0 spiro atoms. The molecule has 2 heterocycles. The predicted molar refractivity (Wildman–Crippen MR) is 70.2 cm³/mol. The first-order chi connectivity index (χ1) is 8.00. The van der Waals surface area contributed by atoms with E-state index in [4.69, 9.17) is 0 Å². The lowest BCUT2D eigenvalue weighted by molar-refractivity contribution is 0.402.